The van der Waals surface area contributed by atoms with Crippen LogP contribution in [0.3, 0.4) is 0 Å². The van der Waals surface area contributed by atoms with Gasteiger partial charge in [0.25, 0.3) is 0 Å². The first kappa shape index (κ1) is 10.7. The minimum atomic E-state index is -0.543. The Morgan fingerprint density at radius 1 is 1.50 bits per heavy atom. The summed E-state index contributed by atoms with van der Waals surface area (Å²) in [6.45, 7) is 1.91. The van der Waals surface area contributed by atoms with Crippen molar-refractivity contribution in [1.29, 1.82) is 0 Å². The van der Waals surface area contributed by atoms with Crippen molar-refractivity contribution in [3.63, 3.8) is 0 Å². The van der Waals surface area contributed by atoms with Gasteiger partial charge in [0.15, 0.2) is 5.82 Å². The van der Waals surface area contributed by atoms with Crippen molar-refractivity contribution < 1.29 is 4.92 Å². The number of hydrogen-bond donors (Lipinski definition) is 0. The molecule has 2 aromatic rings. The number of pyridine rings is 1. The molecule has 0 spiro atoms. The lowest BCUT2D eigenvalue weighted by Crippen LogP contribution is -1.96. The number of imidazole rings is 1. The molecule has 82 valence electrons. The number of nitrogens with zero attached hydrogens (tertiary/aromatic N) is 4. The third-order valence-corrected chi connectivity index (χ3v) is 2.54. The largest absolute Gasteiger partial charge is 0.381 e. The Balaban J connectivity index is 2.46. The SMILES string of the molecule is Cc1cnc(-n2cnc([N+](=O)[O-])c2)c(Br)c1. The van der Waals surface area contributed by atoms with Gasteiger partial charge in [0.05, 0.1) is 4.47 Å². The monoisotopic (exact) mass is 282 g/mol. The van der Waals surface area contributed by atoms with E-state index in [-0.39, 0.29) is 5.82 Å². The Labute approximate surface area is 99.2 Å². The summed E-state index contributed by atoms with van der Waals surface area (Å²) in [5.74, 6) is 0.375. The molecule has 2 heterocycles. The summed E-state index contributed by atoms with van der Waals surface area (Å²) in [6.07, 6.45) is 4.37. The second-order valence-electron chi connectivity index (χ2n) is 3.21. The predicted octanol–water partition coefficient (Wildman–Crippen LogP) is 2.25. The molecule has 0 saturated carbocycles. The van der Waals surface area contributed by atoms with Gasteiger partial charge in [-0.15, -0.1) is 0 Å². The summed E-state index contributed by atoms with van der Waals surface area (Å²) < 4.78 is 2.27. The summed E-state index contributed by atoms with van der Waals surface area (Å²) in [7, 11) is 0. The van der Waals surface area contributed by atoms with E-state index in [1.54, 1.807) is 6.20 Å². The zero-order valence-electron chi connectivity index (χ0n) is 8.29. The first-order valence-electron chi connectivity index (χ1n) is 4.39. The van der Waals surface area contributed by atoms with E-state index >= 15 is 0 Å². The molecule has 0 aromatic carbocycles. The van der Waals surface area contributed by atoms with Gasteiger partial charge in [-0.05, 0) is 44.4 Å². The molecule has 7 heteroatoms. The van der Waals surface area contributed by atoms with Crippen LogP contribution in [0, 0.1) is 17.0 Å². The Hall–Kier alpha value is -1.76. The topological polar surface area (TPSA) is 73.8 Å². The summed E-state index contributed by atoms with van der Waals surface area (Å²) in [5.41, 5.74) is 1.00. The van der Waals surface area contributed by atoms with Gasteiger partial charge in [0, 0.05) is 6.20 Å². The lowest BCUT2D eigenvalue weighted by Gasteiger charge is -2.02. The van der Waals surface area contributed by atoms with Gasteiger partial charge in [-0.2, -0.15) is 0 Å². The first-order valence-corrected chi connectivity index (χ1v) is 5.18. The van der Waals surface area contributed by atoms with Crippen molar-refractivity contribution in [2.75, 3.05) is 0 Å². The highest BCUT2D eigenvalue weighted by molar-refractivity contribution is 9.10. The van der Waals surface area contributed by atoms with Crippen LogP contribution in [0.4, 0.5) is 5.82 Å². The van der Waals surface area contributed by atoms with Gasteiger partial charge < -0.3 is 10.1 Å². The van der Waals surface area contributed by atoms with E-state index in [9.17, 15) is 10.1 Å². The van der Waals surface area contributed by atoms with Crippen molar-refractivity contribution >= 4 is 21.7 Å². The number of nitro groups is 1. The van der Waals surface area contributed by atoms with Crippen LogP contribution in [-0.2, 0) is 0 Å². The molecule has 0 N–H and O–H groups in total. The van der Waals surface area contributed by atoms with Crippen molar-refractivity contribution in [2.24, 2.45) is 0 Å². The van der Waals surface area contributed by atoms with Crippen molar-refractivity contribution in [3.05, 3.63) is 44.9 Å². The van der Waals surface area contributed by atoms with E-state index < -0.39 is 4.92 Å². The highest BCUT2D eigenvalue weighted by Gasteiger charge is 2.13. The van der Waals surface area contributed by atoms with E-state index in [0.29, 0.717) is 5.82 Å². The van der Waals surface area contributed by atoms with Crippen LogP contribution in [-0.4, -0.2) is 19.5 Å². The van der Waals surface area contributed by atoms with Crippen LogP contribution >= 0.6 is 15.9 Å². The fraction of sp³-hybridized carbons (Fsp3) is 0.111. The van der Waals surface area contributed by atoms with Gasteiger partial charge in [-0.1, -0.05) is 0 Å². The molecule has 2 rings (SSSR count). The molecule has 0 saturated heterocycles. The number of aromatic nitrogens is 3. The molecule has 0 aliphatic rings. The highest BCUT2D eigenvalue weighted by atomic mass is 79.9. The fourth-order valence-corrected chi connectivity index (χ4v) is 1.91. The summed E-state index contributed by atoms with van der Waals surface area (Å²) >= 11 is 3.35. The standard InChI is InChI=1S/C9H7BrN4O2/c1-6-2-7(10)9(11-3-6)13-4-8(12-5-13)14(15)16/h2-5H,1H3. The maximum atomic E-state index is 10.5. The van der Waals surface area contributed by atoms with E-state index in [1.165, 1.54) is 17.1 Å². The third kappa shape index (κ3) is 1.94. The third-order valence-electron chi connectivity index (χ3n) is 1.96. The van der Waals surface area contributed by atoms with Crippen LogP contribution in [0.25, 0.3) is 5.82 Å². The zero-order valence-corrected chi connectivity index (χ0v) is 9.88. The van der Waals surface area contributed by atoms with Crippen LogP contribution in [0.15, 0.2) is 29.3 Å². The molecule has 0 unspecified atom stereocenters. The number of aryl methyl sites for hydroxylation is 1. The van der Waals surface area contributed by atoms with Crippen molar-refractivity contribution in [3.8, 4) is 5.82 Å². The van der Waals surface area contributed by atoms with E-state index in [2.05, 4.69) is 25.9 Å². The Morgan fingerprint density at radius 3 is 2.81 bits per heavy atom. The van der Waals surface area contributed by atoms with Gasteiger partial charge in [0.2, 0.25) is 6.33 Å². The van der Waals surface area contributed by atoms with E-state index in [0.717, 1.165) is 10.0 Å². The molecule has 0 radical (unpaired) electrons. The van der Waals surface area contributed by atoms with Gasteiger partial charge >= 0.3 is 5.82 Å². The molecule has 2 aromatic heterocycles. The molecule has 0 atom stereocenters. The molecular weight excluding hydrogens is 276 g/mol. The molecule has 6 nitrogen and oxygen atoms in total. The molecule has 16 heavy (non-hydrogen) atoms. The highest BCUT2D eigenvalue weighted by Crippen LogP contribution is 2.21. The van der Waals surface area contributed by atoms with Crippen molar-refractivity contribution in [1.82, 2.24) is 14.5 Å². The average Bonchev–Trinajstić information content (AvgIpc) is 2.66. The second kappa shape index (κ2) is 4.01. The van der Waals surface area contributed by atoms with Crippen molar-refractivity contribution in [2.45, 2.75) is 6.92 Å². The number of hydrogen-bond acceptors (Lipinski definition) is 4. The first-order chi connectivity index (χ1) is 7.58. The van der Waals surface area contributed by atoms with E-state index in [1.807, 2.05) is 13.0 Å². The lowest BCUT2D eigenvalue weighted by molar-refractivity contribution is -0.389. The molecule has 0 bridgehead atoms. The minimum Gasteiger partial charge on any atom is -0.358 e. The maximum Gasteiger partial charge on any atom is 0.381 e. The fourth-order valence-electron chi connectivity index (χ4n) is 1.24. The zero-order chi connectivity index (χ0) is 11.7. The summed E-state index contributed by atoms with van der Waals surface area (Å²) in [4.78, 5) is 17.8. The van der Waals surface area contributed by atoms with Gasteiger partial charge in [-0.3, -0.25) is 4.57 Å². The van der Waals surface area contributed by atoms with E-state index in [4.69, 9.17) is 0 Å². The maximum absolute atomic E-state index is 10.5. The second-order valence-corrected chi connectivity index (χ2v) is 4.07. The van der Waals surface area contributed by atoms with Crippen LogP contribution in [0.5, 0.6) is 0 Å². The number of rotatable bonds is 2. The Kier molecular flexibility index (Phi) is 2.69. The molecule has 0 aliphatic carbocycles. The Bertz CT molecular complexity index is 552. The molecule has 0 fully saturated rings. The van der Waals surface area contributed by atoms with Gasteiger partial charge in [-0.25, -0.2) is 4.98 Å². The average molecular weight is 283 g/mol. The molecule has 0 amide bonds. The van der Waals surface area contributed by atoms with Gasteiger partial charge in [0.1, 0.15) is 6.20 Å². The Morgan fingerprint density at radius 2 is 2.25 bits per heavy atom. The predicted molar refractivity (Wildman–Crippen MR) is 60.5 cm³/mol. The summed E-state index contributed by atoms with van der Waals surface area (Å²) in [6, 6.07) is 1.88. The van der Waals surface area contributed by atoms with Crippen LogP contribution in [0.1, 0.15) is 5.56 Å². The minimum absolute atomic E-state index is 0.200. The smallest absolute Gasteiger partial charge is 0.358 e. The molecule has 0 aliphatic heterocycles. The normalized spacial score (nSPS) is 10.4. The van der Waals surface area contributed by atoms with Crippen LogP contribution in [0.2, 0.25) is 0 Å². The summed E-state index contributed by atoms with van der Waals surface area (Å²) in [5, 5.41) is 10.5. The quantitative estimate of drug-likeness (QED) is 0.625. The van der Waals surface area contributed by atoms with Crippen LogP contribution < -0.4 is 0 Å². The molecular formula is C9H7BrN4O2. The lowest BCUT2D eigenvalue weighted by atomic mass is 10.3. The number of halogens is 1.